The number of rotatable bonds is 3. The largest absolute Gasteiger partial charge is 0.494 e. The summed E-state index contributed by atoms with van der Waals surface area (Å²) < 4.78 is 44.5. The van der Waals surface area contributed by atoms with Crippen LogP contribution in [0.25, 0.3) is 0 Å². The van der Waals surface area contributed by atoms with E-state index in [0.717, 1.165) is 17.4 Å². The summed E-state index contributed by atoms with van der Waals surface area (Å²) in [4.78, 5) is 0. The summed E-state index contributed by atoms with van der Waals surface area (Å²) in [7, 11) is 0. The minimum Gasteiger partial charge on any atom is -0.494 e. The predicted octanol–water partition coefficient (Wildman–Crippen LogP) is 4.81. The third-order valence-corrected chi connectivity index (χ3v) is 3.79. The first-order chi connectivity index (χ1) is 10.5. The van der Waals surface area contributed by atoms with Gasteiger partial charge in [-0.1, -0.05) is 24.3 Å². The zero-order valence-electron chi connectivity index (χ0n) is 12.1. The van der Waals surface area contributed by atoms with Crippen molar-refractivity contribution in [2.75, 3.05) is 11.9 Å². The summed E-state index contributed by atoms with van der Waals surface area (Å²) in [5.41, 5.74) is 1.26. The van der Waals surface area contributed by atoms with Gasteiger partial charge in [0.15, 0.2) is 0 Å². The molecule has 0 saturated carbocycles. The van der Waals surface area contributed by atoms with Gasteiger partial charge in [0.2, 0.25) is 0 Å². The second-order valence-electron chi connectivity index (χ2n) is 5.24. The molecule has 0 saturated heterocycles. The summed E-state index contributed by atoms with van der Waals surface area (Å²) in [5, 5.41) is 3.02. The highest BCUT2D eigenvalue weighted by Crippen LogP contribution is 2.43. The van der Waals surface area contributed by atoms with Crippen LogP contribution in [0.15, 0.2) is 42.5 Å². The number of hydrogen-bond acceptors (Lipinski definition) is 2. The summed E-state index contributed by atoms with van der Waals surface area (Å²) in [6.45, 7) is 2.49. The van der Waals surface area contributed by atoms with Gasteiger partial charge in [-0.15, -0.1) is 0 Å². The van der Waals surface area contributed by atoms with E-state index in [4.69, 9.17) is 4.74 Å². The summed E-state index contributed by atoms with van der Waals surface area (Å²) in [6, 6.07) is 11.6. The third-order valence-electron chi connectivity index (χ3n) is 3.79. The first kappa shape index (κ1) is 14.8. The zero-order chi connectivity index (χ0) is 15.7. The van der Waals surface area contributed by atoms with Crippen molar-refractivity contribution in [2.24, 2.45) is 0 Å². The van der Waals surface area contributed by atoms with Crippen molar-refractivity contribution in [1.29, 1.82) is 0 Å². The van der Waals surface area contributed by atoms with Crippen molar-refractivity contribution in [3.63, 3.8) is 0 Å². The quantitative estimate of drug-likeness (QED) is 0.878. The monoisotopic (exact) mass is 307 g/mol. The molecule has 2 aromatic rings. The predicted molar refractivity (Wildman–Crippen MR) is 79.1 cm³/mol. The molecule has 0 radical (unpaired) electrons. The average Bonchev–Trinajstić information content (AvgIpc) is 2.91. The third kappa shape index (κ3) is 2.75. The topological polar surface area (TPSA) is 21.3 Å². The van der Waals surface area contributed by atoms with E-state index in [1.165, 1.54) is 6.07 Å². The molecule has 22 heavy (non-hydrogen) atoms. The molecule has 0 aliphatic carbocycles. The van der Waals surface area contributed by atoms with E-state index in [0.29, 0.717) is 18.6 Å². The maximum Gasteiger partial charge on any atom is 0.418 e. The molecule has 2 aromatic carbocycles. The van der Waals surface area contributed by atoms with Crippen molar-refractivity contribution in [2.45, 2.75) is 25.6 Å². The SMILES string of the molecule is CCOc1ccc(C2Cc3cccc(C(F)(F)F)c3N2)cc1. The van der Waals surface area contributed by atoms with Crippen LogP contribution >= 0.6 is 0 Å². The molecule has 2 nitrogen and oxygen atoms in total. The number of anilines is 1. The Hall–Kier alpha value is -2.17. The molecule has 0 aromatic heterocycles. The van der Waals surface area contributed by atoms with Crippen molar-refractivity contribution in [3.8, 4) is 5.75 Å². The lowest BCUT2D eigenvalue weighted by molar-refractivity contribution is -0.136. The van der Waals surface area contributed by atoms with Crippen molar-refractivity contribution >= 4 is 5.69 Å². The van der Waals surface area contributed by atoms with Crippen molar-refractivity contribution < 1.29 is 17.9 Å². The van der Waals surface area contributed by atoms with Crippen LogP contribution in [0, 0.1) is 0 Å². The molecule has 0 spiro atoms. The summed E-state index contributed by atoms with van der Waals surface area (Å²) in [6.07, 6.45) is -3.79. The van der Waals surface area contributed by atoms with E-state index in [9.17, 15) is 13.2 Å². The number of nitrogens with one attached hydrogen (secondary N) is 1. The minimum absolute atomic E-state index is 0.144. The molecule has 1 unspecified atom stereocenters. The van der Waals surface area contributed by atoms with Crippen LogP contribution in [-0.4, -0.2) is 6.61 Å². The molecular weight excluding hydrogens is 291 g/mol. The Morgan fingerprint density at radius 2 is 1.86 bits per heavy atom. The zero-order valence-corrected chi connectivity index (χ0v) is 12.1. The summed E-state index contributed by atoms with van der Waals surface area (Å²) >= 11 is 0. The van der Waals surface area contributed by atoms with Gasteiger partial charge in [0, 0.05) is 0 Å². The summed E-state index contributed by atoms with van der Waals surface area (Å²) in [5.74, 6) is 0.762. The van der Waals surface area contributed by atoms with Crippen LogP contribution in [-0.2, 0) is 12.6 Å². The minimum atomic E-state index is -4.34. The number of benzene rings is 2. The Labute approximate surface area is 126 Å². The lowest BCUT2D eigenvalue weighted by Crippen LogP contribution is -2.10. The first-order valence-electron chi connectivity index (χ1n) is 7.17. The fourth-order valence-corrected chi connectivity index (χ4v) is 2.79. The van der Waals surface area contributed by atoms with Gasteiger partial charge >= 0.3 is 6.18 Å². The fourth-order valence-electron chi connectivity index (χ4n) is 2.79. The lowest BCUT2D eigenvalue weighted by Gasteiger charge is -2.15. The molecule has 116 valence electrons. The maximum absolute atomic E-state index is 13.1. The Morgan fingerprint density at radius 1 is 1.14 bits per heavy atom. The number of hydrogen-bond donors (Lipinski definition) is 1. The van der Waals surface area contributed by atoms with E-state index in [1.54, 1.807) is 6.07 Å². The Morgan fingerprint density at radius 3 is 2.50 bits per heavy atom. The second-order valence-corrected chi connectivity index (χ2v) is 5.24. The van der Waals surface area contributed by atoms with Crippen LogP contribution in [0.3, 0.4) is 0 Å². The molecule has 5 heteroatoms. The van der Waals surface area contributed by atoms with Gasteiger partial charge < -0.3 is 10.1 Å². The molecule has 0 bridgehead atoms. The molecule has 1 heterocycles. The number of fused-ring (bicyclic) bond motifs is 1. The Bertz CT molecular complexity index is 665. The molecular formula is C17H16F3NO. The van der Waals surface area contributed by atoms with Gasteiger partial charge in [0.05, 0.1) is 23.9 Å². The van der Waals surface area contributed by atoms with Gasteiger partial charge in [-0.05, 0) is 42.7 Å². The molecule has 3 rings (SSSR count). The number of para-hydroxylation sites is 1. The lowest BCUT2D eigenvalue weighted by atomic mass is 10.0. The maximum atomic E-state index is 13.1. The van der Waals surface area contributed by atoms with Gasteiger partial charge in [0.25, 0.3) is 0 Å². The molecule has 0 fully saturated rings. The first-order valence-corrected chi connectivity index (χ1v) is 7.17. The van der Waals surface area contributed by atoms with E-state index in [2.05, 4.69) is 5.32 Å². The molecule has 1 aliphatic heterocycles. The van der Waals surface area contributed by atoms with Crippen LogP contribution in [0.5, 0.6) is 5.75 Å². The second kappa shape index (κ2) is 5.55. The van der Waals surface area contributed by atoms with Gasteiger partial charge in [-0.3, -0.25) is 0 Å². The van der Waals surface area contributed by atoms with Gasteiger partial charge in [0.1, 0.15) is 5.75 Å². The van der Waals surface area contributed by atoms with Crippen LogP contribution in [0.4, 0.5) is 18.9 Å². The highest BCUT2D eigenvalue weighted by Gasteiger charge is 2.37. The van der Waals surface area contributed by atoms with Gasteiger partial charge in [-0.25, -0.2) is 0 Å². The number of alkyl halides is 3. The smallest absolute Gasteiger partial charge is 0.418 e. The highest BCUT2D eigenvalue weighted by atomic mass is 19.4. The van der Waals surface area contributed by atoms with Gasteiger partial charge in [-0.2, -0.15) is 13.2 Å². The van der Waals surface area contributed by atoms with E-state index in [1.807, 2.05) is 31.2 Å². The Balaban J connectivity index is 1.85. The van der Waals surface area contributed by atoms with Crippen LogP contribution in [0.1, 0.15) is 29.7 Å². The van der Waals surface area contributed by atoms with Crippen LogP contribution < -0.4 is 10.1 Å². The fraction of sp³-hybridized carbons (Fsp3) is 0.294. The van der Waals surface area contributed by atoms with Crippen molar-refractivity contribution in [1.82, 2.24) is 0 Å². The number of halogens is 3. The molecule has 1 atom stereocenters. The number of ether oxygens (including phenoxy) is 1. The molecule has 1 N–H and O–H groups in total. The standard InChI is InChI=1S/C17H16F3NO/c1-2-22-13-8-6-11(7-9-13)15-10-12-4-3-5-14(16(12)21-15)17(18,19)20/h3-9,15,21H,2,10H2,1H3. The van der Waals surface area contributed by atoms with E-state index < -0.39 is 11.7 Å². The normalized spacial score (nSPS) is 17.0. The average molecular weight is 307 g/mol. The van der Waals surface area contributed by atoms with Crippen molar-refractivity contribution in [3.05, 3.63) is 59.2 Å². The highest BCUT2D eigenvalue weighted by molar-refractivity contribution is 5.64. The van der Waals surface area contributed by atoms with E-state index >= 15 is 0 Å². The Kier molecular flexibility index (Phi) is 3.72. The van der Waals surface area contributed by atoms with Crippen LogP contribution in [0.2, 0.25) is 0 Å². The molecule has 0 amide bonds. The van der Waals surface area contributed by atoms with E-state index in [-0.39, 0.29) is 11.7 Å². The molecule has 1 aliphatic rings.